The van der Waals surface area contributed by atoms with Crippen LogP contribution in [-0.4, -0.2) is 6.61 Å². The van der Waals surface area contributed by atoms with Gasteiger partial charge < -0.3 is 9.47 Å². The zero-order valence-electron chi connectivity index (χ0n) is 10.8. The first-order valence-electron chi connectivity index (χ1n) is 5.98. The van der Waals surface area contributed by atoms with Gasteiger partial charge in [-0.1, -0.05) is 30.3 Å². The highest BCUT2D eigenvalue weighted by Crippen LogP contribution is 2.31. The minimum absolute atomic E-state index is 0.112. The molecule has 0 aliphatic rings. The van der Waals surface area contributed by atoms with Crippen molar-refractivity contribution < 1.29 is 18.3 Å². The summed E-state index contributed by atoms with van der Waals surface area (Å²) in [6.45, 7) is -0.624. The molecule has 2 nitrogen and oxygen atoms in total. The van der Waals surface area contributed by atoms with E-state index in [1.807, 2.05) is 37.3 Å². The van der Waals surface area contributed by atoms with E-state index in [4.69, 9.17) is 4.74 Å². The molecule has 106 valence electrons. The number of alkyl halides is 2. The van der Waals surface area contributed by atoms with Gasteiger partial charge in [0.15, 0.2) is 0 Å². The Kier molecular flexibility index (Phi) is 5.17. The topological polar surface area (TPSA) is 18.5 Å². The van der Waals surface area contributed by atoms with E-state index in [2.05, 4.69) is 27.3 Å². The monoisotopic (exact) mass is 390 g/mol. The maximum Gasteiger partial charge on any atom is 0.387 e. The summed E-state index contributed by atoms with van der Waals surface area (Å²) in [6.07, 6.45) is 0. The van der Waals surface area contributed by atoms with Crippen LogP contribution in [0.3, 0.4) is 0 Å². The van der Waals surface area contributed by atoms with E-state index in [-0.39, 0.29) is 5.75 Å². The van der Waals surface area contributed by atoms with Crippen LogP contribution in [0, 0.1) is 10.5 Å². The van der Waals surface area contributed by atoms with Gasteiger partial charge >= 0.3 is 6.61 Å². The molecular weight excluding hydrogens is 377 g/mol. The molecule has 2 rings (SSSR count). The third-order valence-corrected chi connectivity index (χ3v) is 4.04. The molecule has 0 spiro atoms. The number of halogens is 3. The maximum atomic E-state index is 12.3. The lowest BCUT2D eigenvalue weighted by molar-refractivity contribution is -0.0499. The Labute approximate surface area is 129 Å². The largest absolute Gasteiger partial charge is 0.488 e. The normalized spacial score (nSPS) is 10.7. The molecule has 0 atom stereocenters. The summed E-state index contributed by atoms with van der Waals surface area (Å²) in [6, 6.07) is 12.7. The molecule has 0 radical (unpaired) electrons. The van der Waals surface area contributed by atoms with Crippen molar-refractivity contribution in [3.63, 3.8) is 0 Å². The predicted molar refractivity (Wildman–Crippen MR) is 81.3 cm³/mol. The average Bonchev–Trinajstić information content (AvgIpc) is 2.41. The summed E-state index contributed by atoms with van der Waals surface area (Å²) in [5, 5.41) is 0. The Morgan fingerprint density at radius 3 is 2.50 bits per heavy atom. The fraction of sp³-hybridized carbons (Fsp3) is 0.200. The van der Waals surface area contributed by atoms with Gasteiger partial charge in [-0.25, -0.2) is 0 Å². The number of hydrogen-bond acceptors (Lipinski definition) is 2. The third kappa shape index (κ3) is 4.06. The maximum absolute atomic E-state index is 12.3. The summed E-state index contributed by atoms with van der Waals surface area (Å²) in [5.74, 6) is 0.658. The Hall–Kier alpha value is -1.37. The minimum atomic E-state index is -2.84. The molecule has 0 amide bonds. The van der Waals surface area contributed by atoms with Crippen molar-refractivity contribution in [1.82, 2.24) is 0 Å². The number of benzene rings is 2. The molecule has 0 bridgehead atoms. The highest BCUT2D eigenvalue weighted by Gasteiger charge is 2.11. The Bertz CT molecular complexity index is 574. The second-order valence-corrected chi connectivity index (χ2v) is 5.28. The lowest BCUT2D eigenvalue weighted by atomic mass is 10.2. The Morgan fingerprint density at radius 2 is 1.85 bits per heavy atom. The standard InChI is InChI=1S/C15H13F2IO2/c1-10-7-12(20-15(16)17)8-13(14(10)18)19-9-11-5-3-2-4-6-11/h2-8,15H,9H2,1H3. The van der Waals surface area contributed by atoms with Gasteiger partial charge in [-0.15, -0.1) is 0 Å². The lowest BCUT2D eigenvalue weighted by Gasteiger charge is -2.13. The van der Waals surface area contributed by atoms with Crippen molar-refractivity contribution in [1.29, 1.82) is 0 Å². The van der Waals surface area contributed by atoms with Gasteiger partial charge in [0.2, 0.25) is 0 Å². The molecule has 0 saturated heterocycles. The van der Waals surface area contributed by atoms with E-state index < -0.39 is 6.61 Å². The summed E-state index contributed by atoms with van der Waals surface area (Å²) < 4.78 is 35.5. The van der Waals surface area contributed by atoms with Gasteiger partial charge in [0.1, 0.15) is 18.1 Å². The zero-order valence-corrected chi connectivity index (χ0v) is 12.9. The molecule has 2 aromatic carbocycles. The van der Waals surface area contributed by atoms with E-state index in [1.165, 1.54) is 6.07 Å². The van der Waals surface area contributed by atoms with Gasteiger partial charge in [-0.3, -0.25) is 0 Å². The molecule has 0 N–H and O–H groups in total. The molecular formula is C15H13F2IO2. The fourth-order valence-corrected chi connectivity index (χ4v) is 2.18. The third-order valence-electron chi connectivity index (χ3n) is 2.66. The van der Waals surface area contributed by atoms with Crippen LogP contribution in [0.5, 0.6) is 11.5 Å². The molecule has 0 aliphatic heterocycles. The van der Waals surface area contributed by atoms with Crippen LogP contribution in [0.1, 0.15) is 11.1 Å². The molecule has 0 heterocycles. The molecule has 0 saturated carbocycles. The summed E-state index contributed by atoms with van der Waals surface area (Å²) in [7, 11) is 0. The van der Waals surface area contributed by atoms with Crippen LogP contribution in [0.2, 0.25) is 0 Å². The van der Waals surface area contributed by atoms with Gasteiger partial charge in [0.25, 0.3) is 0 Å². The highest BCUT2D eigenvalue weighted by molar-refractivity contribution is 14.1. The van der Waals surface area contributed by atoms with E-state index in [0.29, 0.717) is 12.4 Å². The van der Waals surface area contributed by atoms with E-state index in [1.54, 1.807) is 6.07 Å². The SMILES string of the molecule is Cc1cc(OC(F)F)cc(OCc2ccccc2)c1I. The molecule has 20 heavy (non-hydrogen) atoms. The van der Waals surface area contributed by atoms with Crippen molar-refractivity contribution in [2.45, 2.75) is 20.1 Å². The lowest BCUT2D eigenvalue weighted by Crippen LogP contribution is -2.04. The molecule has 0 aromatic heterocycles. The summed E-state index contributed by atoms with van der Waals surface area (Å²) in [4.78, 5) is 0. The van der Waals surface area contributed by atoms with Gasteiger partial charge in [0, 0.05) is 6.07 Å². The van der Waals surface area contributed by atoms with Crippen LogP contribution in [-0.2, 0) is 6.61 Å². The smallest absolute Gasteiger partial charge is 0.387 e. The first-order chi connectivity index (χ1) is 9.56. The molecule has 0 fully saturated rings. The average molecular weight is 390 g/mol. The van der Waals surface area contributed by atoms with Crippen LogP contribution >= 0.6 is 22.6 Å². The van der Waals surface area contributed by atoms with Crippen molar-refractivity contribution in [2.24, 2.45) is 0 Å². The Morgan fingerprint density at radius 1 is 1.15 bits per heavy atom. The van der Waals surface area contributed by atoms with E-state index >= 15 is 0 Å². The zero-order chi connectivity index (χ0) is 14.5. The Balaban J connectivity index is 2.15. The first kappa shape index (κ1) is 15.0. The predicted octanol–water partition coefficient (Wildman–Crippen LogP) is 4.78. The van der Waals surface area contributed by atoms with Gasteiger partial charge in [0.05, 0.1) is 3.57 Å². The number of aryl methyl sites for hydroxylation is 1. The van der Waals surface area contributed by atoms with Crippen molar-refractivity contribution in [3.05, 3.63) is 57.2 Å². The molecule has 5 heteroatoms. The fourth-order valence-electron chi connectivity index (χ4n) is 1.72. The van der Waals surface area contributed by atoms with E-state index in [9.17, 15) is 8.78 Å². The van der Waals surface area contributed by atoms with Crippen LogP contribution in [0.15, 0.2) is 42.5 Å². The van der Waals surface area contributed by atoms with Gasteiger partial charge in [-0.2, -0.15) is 8.78 Å². The molecule has 2 aromatic rings. The highest BCUT2D eigenvalue weighted by atomic mass is 127. The van der Waals surface area contributed by atoms with Gasteiger partial charge in [-0.05, 0) is 46.7 Å². The van der Waals surface area contributed by atoms with Crippen molar-refractivity contribution in [3.8, 4) is 11.5 Å². The molecule has 0 unspecified atom stereocenters. The van der Waals surface area contributed by atoms with Crippen molar-refractivity contribution >= 4 is 22.6 Å². The van der Waals surface area contributed by atoms with Crippen LogP contribution < -0.4 is 9.47 Å². The van der Waals surface area contributed by atoms with E-state index in [0.717, 1.165) is 14.7 Å². The number of hydrogen-bond donors (Lipinski definition) is 0. The van der Waals surface area contributed by atoms with Crippen LogP contribution in [0.25, 0.3) is 0 Å². The number of ether oxygens (including phenoxy) is 2. The second kappa shape index (κ2) is 6.88. The summed E-state index contributed by atoms with van der Waals surface area (Å²) >= 11 is 2.13. The molecule has 0 aliphatic carbocycles. The quantitative estimate of drug-likeness (QED) is 0.685. The minimum Gasteiger partial charge on any atom is -0.488 e. The van der Waals surface area contributed by atoms with Crippen molar-refractivity contribution in [2.75, 3.05) is 0 Å². The van der Waals surface area contributed by atoms with Crippen LogP contribution in [0.4, 0.5) is 8.78 Å². The number of rotatable bonds is 5. The summed E-state index contributed by atoms with van der Waals surface area (Å²) in [5.41, 5.74) is 1.85. The first-order valence-corrected chi connectivity index (χ1v) is 7.06. The second-order valence-electron chi connectivity index (χ2n) is 4.21.